The highest BCUT2D eigenvalue weighted by molar-refractivity contribution is 6.33. The van der Waals surface area contributed by atoms with Gasteiger partial charge in [-0.3, -0.25) is 0 Å². The second-order valence-electron chi connectivity index (χ2n) is 5.35. The average Bonchev–Trinajstić information content (AvgIpc) is 2.54. The minimum Gasteiger partial charge on any atom is -0.396 e. The maximum atomic E-state index is 14.4. The van der Waals surface area contributed by atoms with Gasteiger partial charge in [-0.05, 0) is 25.1 Å². The molecule has 0 amide bonds. The molecule has 128 valence electrons. The summed E-state index contributed by atoms with van der Waals surface area (Å²) in [5.41, 5.74) is 11.8. The fourth-order valence-corrected chi connectivity index (χ4v) is 2.83. The van der Waals surface area contributed by atoms with Crippen LogP contribution in [0.3, 0.4) is 0 Å². The van der Waals surface area contributed by atoms with Gasteiger partial charge in [0, 0.05) is 22.9 Å². The molecule has 4 nitrogen and oxygen atoms in total. The molecular formula is C17H12ClF3N4. The minimum absolute atomic E-state index is 0.0858. The van der Waals surface area contributed by atoms with E-state index in [4.69, 9.17) is 23.1 Å². The lowest BCUT2D eigenvalue weighted by molar-refractivity contribution is 0.589. The van der Waals surface area contributed by atoms with Crippen LogP contribution in [0.4, 0.5) is 24.5 Å². The zero-order valence-electron chi connectivity index (χ0n) is 12.9. The van der Waals surface area contributed by atoms with E-state index in [0.29, 0.717) is 22.9 Å². The number of nitrogens with two attached hydrogens (primary N) is 2. The Kier molecular flexibility index (Phi) is 4.26. The van der Waals surface area contributed by atoms with Crippen molar-refractivity contribution in [1.82, 2.24) is 9.97 Å². The van der Waals surface area contributed by atoms with Gasteiger partial charge in [0.05, 0.1) is 27.7 Å². The molecule has 0 aliphatic heterocycles. The van der Waals surface area contributed by atoms with Crippen molar-refractivity contribution in [3.63, 3.8) is 0 Å². The van der Waals surface area contributed by atoms with E-state index in [2.05, 4.69) is 9.97 Å². The van der Waals surface area contributed by atoms with E-state index in [9.17, 15) is 13.2 Å². The molecule has 0 saturated heterocycles. The summed E-state index contributed by atoms with van der Waals surface area (Å²) in [6.45, 7) is 1.65. The van der Waals surface area contributed by atoms with E-state index in [1.54, 1.807) is 6.92 Å². The molecule has 2 aromatic carbocycles. The van der Waals surface area contributed by atoms with Crippen molar-refractivity contribution in [2.75, 3.05) is 11.5 Å². The molecule has 1 aromatic heterocycles. The maximum Gasteiger partial charge on any atom is 0.151 e. The first kappa shape index (κ1) is 17.0. The molecule has 0 radical (unpaired) electrons. The standard InChI is InChI=1S/C17H12ClF3N4/c1-7-13(9-3-2-8(19)4-10(9)18)17(25-6-24-7)14-11(20)5-12(21)15(22)16(14)23/h2-6H,22-23H2,1H3. The second kappa shape index (κ2) is 6.25. The number of nitrogen functional groups attached to an aromatic ring is 2. The molecule has 0 aliphatic carbocycles. The van der Waals surface area contributed by atoms with E-state index in [-0.39, 0.29) is 27.7 Å². The SMILES string of the molecule is Cc1ncnc(-c2c(F)cc(F)c(N)c2N)c1-c1ccc(F)cc1Cl. The molecule has 3 aromatic rings. The van der Waals surface area contributed by atoms with Crippen LogP contribution < -0.4 is 11.5 Å². The lowest BCUT2D eigenvalue weighted by atomic mass is 9.96. The number of aryl methyl sites for hydroxylation is 1. The summed E-state index contributed by atoms with van der Waals surface area (Å²) in [5.74, 6) is -2.42. The van der Waals surface area contributed by atoms with E-state index < -0.39 is 17.5 Å². The number of rotatable bonds is 2. The number of hydrogen-bond donors (Lipinski definition) is 2. The molecule has 3 rings (SSSR count). The van der Waals surface area contributed by atoms with Crippen molar-refractivity contribution in [2.45, 2.75) is 6.92 Å². The summed E-state index contributed by atoms with van der Waals surface area (Å²) in [5, 5.41) is 0.0909. The normalized spacial score (nSPS) is 10.9. The van der Waals surface area contributed by atoms with Crippen molar-refractivity contribution in [1.29, 1.82) is 0 Å². The number of anilines is 2. The van der Waals surface area contributed by atoms with Crippen molar-refractivity contribution in [2.24, 2.45) is 0 Å². The van der Waals surface area contributed by atoms with Gasteiger partial charge in [0.25, 0.3) is 0 Å². The molecule has 0 bridgehead atoms. The number of nitrogens with zero attached hydrogens (tertiary/aromatic N) is 2. The third-order valence-corrected chi connectivity index (χ3v) is 4.10. The van der Waals surface area contributed by atoms with Crippen LogP contribution in [0.15, 0.2) is 30.6 Å². The molecule has 1 heterocycles. The number of hydrogen-bond acceptors (Lipinski definition) is 4. The van der Waals surface area contributed by atoms with Gasteiger partial charge < -0.3 is 11.5 Å². The highest BCUT2D eigenvalue weighted by Gasteiger charge is 2.23. The third kappa shape index (κ3) is 2.87. The Bertz CT molecular complexity index is 992. The molecule has 8 heteroatoms. The number of aromatic nitrogens is 2. The summed E-state index contributed by atoms with van der Waals surface area (Å²) >= 11 is 6.13. The van der Waals surface area contributed by atoms with E-state index in [1.165, 1.54) is 18.5 Å². The summed E-state index contributed by atoms with van der Waals surface area (Å²) < 4.78 is 41.4. The maximum absolute atomic E-state index is 14.4. The van der Waals surface area contributed by atoms with Crippen LogP contribution in [-0.4, -0.2) is 9.97 Å². The monoisotopic (exact) mass is 364 g/mol. The van der Waals surface area contributed by atoms with E-state index in [1.807, 2.05) is 0 Å². The van der Waals surface area contributed by atoms with Crippen molar-refractivity contribution in [3.05, 3.63) is 58.8 Å². The van der Waals surface area contributed by atoms with Gasteiger partial charge in [-0.15, -0.1) is 0 Å². The zero-order chi connectivity index (χ0) is 18.3. The van der Waals surface area contributed by atoms with Crippen LogP contribution >= 0.6 is 11.6 Å². The Hall–Kier alpha value is -2.80. The van der Waals surface area contributed by atoms with Crippen molar-refractivity contribution >= 4 is 23.0 Å². The fraction of sp³-hybridized carbons (Fsp3) is 0.0588. The van der Waals surface area contributed by atoms with Crippen molar-refractivity contribution in [3.8, 4) is 22.4 Å². The predicted octanol–water partition coefficient (Wildman–Crippen LogP) is 4.35. The van der Waals surface area contributed by atoms with Gasteiger partial charge in [-0.2, -0.15) is 0 Å². The molecule has 0 saturated carbocycles. The van der Waals surface area contributed by atoms with Crippen molar-refractivity contribution < 1.29 is 13.2 Å². The van der Waals surface area contributed by atoms with E-state index in [0.717, 1.165) is 6.07 Å². The van der Waals surface area contributed by atoms with Crippen LogP contribution in [0, 0.1) is 24.4 Å². The summed E-state index contributed by atoms with van der Waals surface area (Å²) in [7, 11) is 0. The van der Waals surface area contributed by atoms with Gasteiger partial charge in [0.2, 0.25) is 0 Å². The Balaban J connectivity index is 2.38. The van der Waals surface area contributed by atoms with Gasteiger partial charge in [-0.25, -0.2) is 23.1 Å². The quantitative estimate of drug-likeness (QED) is 0.662. The minimum atomic E-state index is -0.967. The van der Waals surface area contributed by atoms with Gasteiger partial charge in [0.15, 0.2) is 5.82 Å². The molecule has 0 spiro atoms. The first-order chi connectivity index (χ1) is 11.8. The zero-order valence-corrected chi connectivity index (χ0v) is 13.7. The first-order valence-corrected chi connectivity index (χ1v) is 7.49. The van der Waals surface area contributed by atoms with Crippen LogP contribution in [0.2, 0.25) is 5.02 Å². The number of benzene rings is 2. The highest BCUT2D eigenvalue weighted by atomic mass is 35.5. The molecular weight excluding hydrogens is 353 g/mol. The van der Waals surface area contributed by atoms with Crippen LogP contribution in [0.5, 0.6) is 0 Å². The predicted molar refractivity (Wildman–Crippen MR) is 91.3 cm³/mol. The van der Waals surface area contributed by atoms with Crippen LogP contribution in [0.25, 0.3) is 22.4 Å². The third-order valence-electron chi connectivity index (χ3n) is 3.78. The molecule has 0 aliphatic rings. The molecule has 0 fully saturated rings. The Morgan fingerprint density at radius 1 is 0.920 bits per heavy atom. The van der Waals surface area contributed by atoms with Gasteiger partial charge >= 0.3 is 0 Å². The largest absolute Gasteiger partial charge is 0.396 e. The lowest BCUT2D eigenvalue weighted by Crippen LogP contribution is -2.06. The molecule has 25 heavy (non-hydrogen) atoms. The lowest BCUT2D eigenvalue weighted by Gasteiger charge is -2.16. The van der Waals surface area contributed by atoms with E-state index >= 15 is 0 Å². The van der Waals surface area contributed by atoms with Gasteiger partial charge in [0.1, 0.15) is 18.0 Å². The van der Waals surface area contributed by atoms with Crippen LogP contribution in [-0.2, 0) is 0 Å². The Labute approximate surface area is 146 Å². The molecule has 0 atom stereocenters. The average molecular weight is 365 g/mol. The Morgan fingerprint density at radius 2 is 1.64 bits per heavy atom. The molecule has 0 unspecified atom stereocenters. The highest BCUT2D eigenvalue weighted by Crippen LogP contribution is 2.41. The number of halogens is 4. The first-order valence-electron chi connectivity index (χ1n) is 7.11. The fourth-order valence-electron chi connectivity index (χ4n) is 2.57. The smallest absolute Gasteiger partial charge is 0.151 e. The molecule has 4 N–H and O–H groups in total. The van der Waals surface area contributed by atoms with Crippen LogP contribution in [0.1, 0.15) is 5.69 Å². The Morgan fingerprint density at radius 3 is 2.32 bits per heavy atom. The summed E-state index contributed by atoms with van der Waals surface area (Å²) in [6.07, 6.45) is 1.21. The second-order valence-corrected chi connectivity index (χ2v) is 5.76. The topological polar surface area (TPSA) is 77.8 Å². The summed E-state index contributed by atoms with van der Waals surface area (Å²) in [6, 6.07) is 4.38. The van der Waals surface area contributed by atoms with Gasteiger partial charge in [-0.1, -0.05) is 11.6 Å². The summed E-state index contributed by atoms with van der Waals surface area (Å²) in [4.78, 5) is 8.15.